The molecule has 0 radical (unpaired) electrons. The lowest BCUT2D eigenvalue weighted by molar-refractivity contribution is -0.118. The van der Waals surface area contributed by atoms with E-state index in [1.807, 2.05) is 61.5 Å². The molecule has 28 heavy (non-hydrogen) atoms. The summed E-state index contributed by atoms with van der Waals surface area (Å²) < 4.78 is 11.0. The van der Waals surface area contributed by atoms with Crippen LogP contribution < -0.4 is 15.4 Å². The van der Waals surface area contributed by atoms with Crippen LogP contribution in [0.1, 0.15) is 18.5 Å². The van der Waals surface area contributed by atoms with Gasteiger partial charge >= 0.3 is 0 Å². The number of ether oxygens (including phenoxy) is 2. The number of benzene rings is 2. The molecule has 0 spiro atoms. The SMILES string of the molecule is CCOc1ccccc1NC(=O)[C@@H](NCCN1CCOCC1)c1ccccc1. The maximum Gasteiger partial charge on any atom is 0.246 e. The van der Waals surface area contributed by atoms with Crippen LogP contribution in [-0.2, 0) is 9.53 Å². The number of para-hydroxylation sites is 2. The van der Waals surface area contributed by atoms with E-state index in [0.29, 0.717) is 18.0 Å². The molecule has 0 unspecified atom stereocenters. The summed E-state index contributed by atoms with van der Waals surface area (Å²) in [5.74, 6) is 0.582. The van der Waals surface area contributed by atoms with Crippen LogP contribution in [0, 0.1) is 0 Å². The second-order valence-electron chi connectivity index (χ2n) is 6.67. The van der Waals surface area contributed by atoms with E-state index in [9.17, 15) is 4.79 Å². The third kappa shape index (κ3) is 5.79. The van der Waals surface area contributed by atoms with Crippen molar-refractivity contribution in [3.05, 3.63) is 60.2 Å². The summed E-state index contributed by atoms with van der Waals surface area (Å²) in [4.78, 5) is 15.4. The Morgan fingerprint density at radius 1 is 1.11 bits per heavy atom. The van der Waals surface area contributed by atoms with Crippen molar-refractivity contribution in [2.75, 3.05) is 51.3 Å². The fraction of sp³-hybridized carbons (Fsp3) is 0.409. The van der Waals surface area contributed by atoms with Gasteiger partial charge in [0.05, 0.1) is 25.5 Å². The van der Waals surface area contributed by atoms with Gasteiger partial charge < -0.3 is 20.1 Å². The van der Waals surface area contributed by atoms with Crippen molar-refractivity contribution in [2.45, 2.75) is 13.0 Å². The normalized spacial score (nSPS) is 15.8. The Labute approximate surface area is 166 Å². The highest BCUT2D eigenvalue weighted by atomic mass is 16.5. The molecule has 0 aromatic heterocycles. The van der Waals surface area contributed by atoms with Crippen LogP contribution in [0.5, 0.6) is 5.75 Å². The highest BCUT2D eigenvalue weighted by Gasteiger charge is 2.21. The van der Waals surface area contributed by atoms with E-state index in [4.69, 9.17) is 9.47 Å². The van der Waals surface area contributed by atoms with Crippen molar-refractivity contribution >= 4 is 11.6 Å². The number of morpholine rings is 1. The van der Waals surface area contributed by atoms with Crippen molar-refractivity contribution in [2.24, 2.45) is 0 Å². The molecule has 1 atom stereocenters. The molecule has 2 N–H and O–H groups in total. The molecule has 150 valence electrons. The van der Waals surface area contributed by atoms with Gasteiger partial charge in [0.1, 0.15) is 11.8 Å². The Bertz CT molecular complexity index is 733. The van der Waals surface area contributed by atoms with Gasteiger partial charge in [0, 0.05) is 26.2 Å². The van der Waals surface area contributed by atoms with Gasteiger partial charge in [-0.3, -0.25) is 9.69 Å². The van der Waals surface area contributed by atoms with Gasteiger partial charge in [-0.25, -0.2) is 0 Å². The lowest BCUT2D eigenvalue weighted by Crippen LogP contribution is -2.42. The Hall–Kier alpha value is -2.41. The molecule has 0 bridgehead atoms. The molecule has 1 aliphatic rings. The maximum absolute atomic E-state index is 13.1. The van der Waals surface area contributed by atoms with Crippen molar-refractivity contribution in [3.63, 3.8) is 0 Å². The van der Waals surface area contributed by atoms with Gasteiger partial charge in [-0.2, -0.15) is 0 Å². The molecule has 1 heterocycles. The van der Waals surface area contributed by atoms with Crippen molar-refractivity contribution in [1.82, 2.24) is 10.2 Å². The van der Waals surface area contributed by atoms with Crippen molar-refractivity contribution in [3.8, 4) is 5.75 Å². The zero-order valence-corrected chi connectivity index (χ0v) is 16.4. The first-order chi connectivity index (χ1) is 13.8. The third-order valence-corrected chi connectivity index (χ3v) is 4.72. The largest absolute Gasteiger partial charge is 0.492 e. The minimum atomic E-state index is -0.433. The fourth-order valence-corrected chi connectivity index (χ4v) is 3.26. The van der Waals surface area contributed by atoms with E-state index in [-0.39, 0.29) is 5.91 Å². The van der Waals surface area contributed by atoms with E-state index in [1.165, 1.54) is 0 Å². The zero-order valence-electron chi connectivity index (χ0n) is 16.4. The van der Waals surface area contributed by atoms with Crippen LogP contribution in [0.15, 0.2) is 54.6 Å². The second kappa shape index (κ2) is 10.8. The molecule has 1 aliphatic heterocycles. The second-order valence-corrected chi connectivity index (χ2v) is 6.67. The summed E-state index contributed by atoms with van der Waals surface area (Å²) in [5.41, 5.74) is 1.63. The quantitative estimate of drug-likeness (QED) is 0.697. The first-order valence-corrected chi connectivity index (χ1v) is 9.89. The molecule has 1 fully saturated rings. The number of carbonyl (C=O) groups is 1. The van der Waals surface area contributed by atoms with Gasteiger partial charge in [-0.05, 0) is 24.6 Å². The summed E-state index contributed by atoms with van der Waals surface area (Å²) in [7, 11) is 0. The van der Waals surface area contributed by atoms with Crippen LogP contribution in [0.2, 0.25) is 0 Å². The Kier molecular flexibility index (Phi) is 7.84. The molecular weight excluding hydrogens is 354 g/mol. The molecule has 0 saturated carbocycles. The van der Waals surface area contributed by atoms with Gasteiger partial charge in [0.2, 0.25) is 5.91 Å². The number of amides is 1. The van der Waals surface area contributed by atoms with Crippen molar-refractivity contribution < 1.29 is 14.3 Å². The van der Waals surface area contributed by atoms with Crippen LogP contribution in [-0.4, -0.2) is 56.8 Å². The summed E-state index contributed by atoms with van der Waals surface area (Å²) in [6, 6.07) is 16.9. The lowest BCUT2D eigenvalue weighted by Gasteiger charge is -2.27. The highest BCUT2D eigenvalue weighted by molar-refractivity contribution is 5.96. The predicted molar refractivity (Wildman–Crippen MR) is 111 cm³/mol. The molecule has 1 saturated heterocycles. The topological polar surface area (TPSA) is 62.8 Å². The fourth-order valence-electron chi connectivity index (χ4n) is 3.26. The number of rotatable bonds is 9. The van der Waals surface area contributed by atoms with Gasteiger partial charge in [0.15, 0.2) is 0 Å². The van der Waals surface area contributed by atoms with Crippen LogP contribution >= 0.6 is 0 Å². The summed E-state index contributed by atoms with van der Waals surface area (Å²) in [6.45, 7) is 7.51. The molecule has 3 rings (SSSR count). The molecule has 6 heteroatoms. The summed E-state index contributed by atoms with van der Waals surface area (Å²) in [6.07, 6.45) is 0. The minimum Gasteiger partial charge on any atom is -0.492 e. The predicted octanol–water partition coefficient (Wildman–Crippen LogP) is 2.69. The average molecular weight is 383 g/mol. The molecule has 2 aromatic rings. The van der Waals surface area contributed by atoms with Gasteiger partial charge in [-0.1, -0.05) is 42.5 Å². The van der Waals surface area contributed by atoms with E-state index < -0.39 is 6.04 Å². The molecule has 6 nitrogen and oxygen atoms in total. The van der Waals surface area contributed by atoms with E-state index >= 15 is 0 Å². The number of hydrogen-bond acceptors (Lipinski definition) is 5. The lowest BCUT2D eigenvalue weighted by atomic mass is 10.1. The number of carbonyl (C=O) groups excluding carboxylic acids is 1. The molecule has 1 amide bonds. The maximum atomic E-state index is 13.1. The standard InChI is InChI=1S/C22H29N3O3/c1-2-28-20-11-7-6-10-19(20)24-22(26)21(18-8-4-3-5-9-18)23-12-13-25-14-16-27-17-15-25/h3-11,21,23H,2,12-17H2,1H3,(H,24,26)/t21-/m0/s1. The summed E-state index contributed by atoms with van der Waals surface area (Å²) >= 11 is 0. The van der Waals surface area contributed by atoms with E-state index in [2.05, 4.69) is 15.5 Å². The smallest absolute Gasteiger partial charge is 0.246 e. The molecule has 0 aliphatic carbocycles. The van der Waals surface area contributed by atoms with Crippen molar-refractivity contribution in [1.29, 1.82) is 0 Å². The first-order valence-electron chi connectivity index (χ1n) is 9.89. The first kappa shape index (κ1) is 20.3. The Balaban J connectivity index is 1.67. The Morgan fingerprint density at radius 2 is 1.82 bits per heavy atom. The van der Waals surface area contributed by atoms with Crippen LogP contribution in [0.25, 0.3) is 0 Å². The van der Waals surface area contributed by atoms with E-state index in [1.54, 1.807) is 0 Å². The summed E-state index contributed by atoms with van der Waals surface area (Å²) in [5, 5.41) is 6.44. The third-order valence-electron chi connectivity index (χ3n) is 4.72. The number of hydrogen-bond donors (Lipinski definition) is 2. The number of anilines is 1. The minimum absolute atomic E-state index is 0.0969. The monoisotopic (exact) mass is 383 g/mol. The highest BCUT2D eigenvalue weighted by Crippen LogP contribution is 2.25. The molecular formula is C22H29N3O3. The van der Waals surface area contributed by atoms with Crippen LogP contribution in [0.3, 0.4) is 0 Å². The van der Waals surface area contributed by atoms with Crippen LogP contribution in [0.4, 0.5) is 5.69 Å². The molecule has 2 aromatic carbocycles. The Morgan fingerprint density at radius 3 is 2.57 bits per heavy atom. The number of nitrogens with zero attached hydrogens (tertiary/aromatic N) is 1. The number of nitrogens with one attached hydrogen (secondary N) is 2. The van der Waals surface area contributed by atoms with Gasteiger partial charge in [0.25, 0.3) is 0 Å². The zero-order chi connectivity index (χ0) is 19.6. The van der Waals surface area contributed by atoms with Gasteiger partial charge in [-0.15, -0.1) is 0 Å². The van der Waals surface area contributed by atoms with E-state index in [0.717, 1.165) is 45.0 Å². The average Bonchev–Trinajstić information content (AvgIpc) is 2.74.